The molecule has 0 amide bonds. The number of fused-ring (bicyclic) bond motifs is 1. The minimum Gasteiger partial charge on any atom is -0.0674 e. The number of benzene rings is 2. The average Bonchev–Trinajstić information content (AvgIpc) is 2.72. The molecule has 0 nitrogen and oxygen atoms in total. The van der Waals surface area contributed by atoms with Crippen LogP contribution in [-0.2, 0) is 0 Å². The summed E-state index contributed by atoms with van der Waals surface area (Å²) in [7, 11) is 0. The van der Waals surface area contributed by atoms with Crippen LogP contribution >= 0.6 is 0 Å². The predicted molar refractivity (Wildman–Crippen MR) is 68.1 cm³/mol. The van der Waals surface area contributed by atoms with Crippen LogP contribution in [0.15, 0.2) is 54.6 Å². The van der Waals surface area contributed by atoms with Gasteiger partial charge in [0.2, 0.25) is 0 Å². The number of aryl methyl sites for hydroxylation is 1. The van der Waals surface area contributed by atoms with Gasteiger partial charge in [-0.05, 0) is 23.6 Å². The summed E-state index contributed by atoms with van der Waals surface area (Å²) in [6, 6.07) is 17.2. The Morgan fingerprint density at radius 2 is 1.69 bits per heavy atom. The fourth-order valence-electron chi connectivity index (χ4n) is 2.21. The van der Waals surface area contributed by atoms with Crippen LogP contribution in [0.1, 0.15) is 22.3 Å². The zero-order chi connectivity index (χ0) is 11.0. The number of hydrogen-bond donors (Lipinski definition) is 0. The quantitative estimate of drug-likeness (QED) is 0.660. The van der Waals surface area contributed by atoms with Crippen LogP contribution in [0.5, 0.6) is 0 Å². The molecule has 0 saturated carbocycles. The van der Waals surface area contributed by atoms with E-state index in [0.717, 1.165) is 0 Å². The van der Waals surface area contributed by atoms with Gasteiger partial charge in [0.05, 0.1) is 5.92 Å². The fourth-order valence-corrected chi connectivity index (χ4v) is 2.21. The first-order valence-corrected chi connectivity index (χ1v) is 5.56. The van der Waals surface area contributed by atoms with E-state index in [2.05, 4.69) is 67.6 Å². The zero-order valence-electron chi connectivity index (χ0n) is 9.27. The summed E-state index contributed by atoms with van der Waals surface area (Å²) in [5.74, 6) is 1.33. The van der Waals surface area contributed by atoms with Gasteiger partial charge in [-0.25, -0.2) is 0 Å². The largest absolute Gasteiger partial charge is 0.0674 e. The first kappa shape index (κ1) is 9.41. The van der Waals surface area contributed by atoms with Crippen molar-refractivity contribution in [3.8, 4) is 0 Å². The highest BCUT2D eigenvalue weighted by Gasteiger charge is 2.18. The second-order valence-electron chi connectivity index (χ2n) is 4.20. The molecular formula is C16H13. The van der Waals surface area contributed by atoms with Crippen molar-refractivity contribution in [1.29, 1.82) is 0 Å². The Labute approximate surface area is 96.3 Å². The van der Waals surface area contributed by atoms with Gasteiger partial charge in [-0.15, -0.1) is 0 Å². The van der Waals surface area contributed by atoms with E-state index in [9.17, 15) is 0 Å². The van der Waals surface area contributed by atoms with Gasteiger partial charge in [-0.3, -0.25) is 0 Å². The summed E-state index contributed by atoms with van der Waals surface area (Å²) in [6.07, 6.45) is 4.40. The highest BCUT2D eigenvalue weighted by Crippen LogP contribution is 2.34. The van der Waals surface area contributed by atoms with Crippen LogP contribution in [0.25, 0.3) is 6.08 Å². The van der Waals surface area contributed by atoms with Crippen LogP contribution in [-0.4, -0.2) is 0 Å². The van der Waals surface area contributed by atoms with Crippen molar-refractivity contribution >= 4 is 6.08 Å². The SMILES string of the molecule is Cc1cccc([C]2C=Cc3ccccc32)c1. The highest BCUT2D eigenvalue weighted by molar-refractivity contribution is 5.73. The second kappa shape index (κ2) is 3.64. The third kappa shape index (κ3) is 1.47. The Morgan fingerprint density at radius 3 is 2.56 bits per heavy atom. The summed E-state index contributed by atoms with van der Waals surface area (Å²) in [6.45, 7) is 2.13. The predicted octanol–water partition coefficient (Wildman–Crippen LogP) is 3.99. The van der Waals surface area contributed by atoms with Gasteiger partial charge in [-0.1, -0.05) is 66.2 Å². The first-order valence-electron chi connectivity index (χ1n) is 5.56. The Morgan fingerprint density at radius 1 is 0.812 bits per heavy atom. The molecule has 1 radical (unpaired) electrons. The smallest absolute Gasteiger partial charge is 0.0563 e. The second-order valence-corrected chi connectivity index (χ2v) is 4.20. The van der Waals surface area contributed by atoms with E-state index in [1.807, 2.05) is 0 Å². The van der Waals surface area contributed by atoms with E-state index in [-0.39, 0.29) is 0 Å². The number of rotatable bonds is 1. The molecule has 1 aliphatic carbocycles. The van der Waals surface area contributed by atoms with Crippen LogP contribution in [0, 0.1) is 12.8 Å². The van der Waals surface area contributed by atoms with Crippen molar-refractivity contribution in [3.63, 3.8) is 0 Å². The van der Waals surface area contributed by atoms with Crippen LogP contribution in [0.2, 0.25) is 0 Å². The maximum absolute atomic E-state index is 2.24. The van der Waals surface area contributed by atoms with Crippen molar-refractivity contribution in [1.82, 2.24) is 0 Å². The molecule has 1 aliphatic rings. The van der Waals surface area contributed by atoms with Crippen LogP contribution < -0.4 is 0 Å². The van der Waals surface area contributed by atoms with E-state index in [1.54, 1.807) is 0 Å². The van der Waals surface area contributed by atoms with Crippen LogP contribution in [0.4, 0.5) is 0 Å². The summed E-state index contributed by atoms with van der Waals surface area (Å²) in [5, 5.41) is 0. The molecule has 77 valence electrons. The summed E-state index contributed by atoms with van der Waals surface area (Å²) in [4.78, 5) is 0. The molecule has 0 spiro atoms. The van der Waals surface area contributed by atoms with Gasteiger partial charge < -0.3 is 0 Å². The molecule has 0 bridgehead atoms. The lowest BCUT2D eigenvalue weighted by atomic mass is 9.92. The van der Waals surface area contributed by atoms with Crippen molar-refractivity contribution in [2.24, 2.45) is 0 Å². The zero-order valence-corrected chi connectivity index (χ0v) is 9.27. The Kier molecular flexibility index (Phi) is 2.14. The maximum Gasteiger partial charge on any atom is 0.0563 e. The molecule has 2 aromatic carbocycles. The first-order chi connectivity index (χ1) is 7.84. The van der Waals surface area contributed by atoms with Gasteiger partial charge in [0, 0.05) is 0 Å². The normalized spacial score (nSPS) is 14.1. The van der Waals surface area contributed by atoms with Crippen molar-refractivity contribution in [2.75, 3.05) is 0 Å². The lowest BCUT2D eigenvalue weighted by Crippen LogP contribution is -1.96. The van der Waals surface area contributed by atoms with E-state index in [4.69, 9.17) is 0 Å². The molecular weight excluding hydrogens is 192 g/mol. The molecule has 0 aliphatic heterocycles. The van der Waals surface area contributed by atoms with E-state index in [1.165, 1.54) is 28.2 Å². The molecule has 3 rings (SSSR count). The summed E-state index contributed by atoms with van der Waals surface area (Å²) >= 11 is 0. The van der Waals surface area contributed by atoms with Gasteiger partial charge in [0.15, 0.2) is 0 Å². The average molecular weight is 205 g/mol. The number of hydrogen-bond acceptors (Lipinski definition) is 0. The number of allylic oxidation sites excluding steroid dienone is 1. The van der Waals surface area contributed by atoms with Gasteiger partial charge in [-0.2, -0.15) is 0 Å². The lowest BCUT2D eigenvalue weighted by Gasteiger charge is -2.11. The van der Waals surface area contributed by atoms with Gasteiger partial charge >= 0.3 is 0 Å². The van der Waals surface area contributed by atoms with Gasteiger partial charge in [0.25, 0.3) is 0 Å². The maximum atomic E-state index is 2.24. The monoisotopic (exact) mass is 205 g/mol. The molecule has 0 heteroatoms. The molecule has 16 heavy (non-hydrogen) atoms. The van der Waals surface area contributed by atoms with Crippen LogP contribution in [0.3, 0.4) is 0 Å². The third-order valence-corrected chi connectivity index (χ3v) is 3.01. The Balaban J connectivity index is 2.08. The molecule has 0 heterocycles. The molecule has 0 saturated heterocycles. The summed E-state index contributed by atoms with van der Waals surface area (Å²) in [5.41, 5.74) is 5.27. The van der Waals surface area contributed by atoms with Crippen molar-refractivity contribution < 1.29 is 0 Å². The van der Waals surface area contributed by atoms with E-state index < -0.39 is 0 Å². The minimum absolute atomic E-state index is 1.31. The lowest BCUT2D eigenvalue weighted by molar-refractivity contribution is 1.29. The van der Waals surface area contributed by atoms with Crippen molar-refractivity contribution in [2.45, 2.75) is 6.92 Å². The Bertz CT molecular complexity index is 549. The molecule has 2 aromatic rings. The van der Waals surface area contributed by atoms with E-state index >= 15 is 0 Å². The topological polar surface area (TPSA) is 0 Å². The molecule has 0 unspecified atom stereocenters. The van der Waals surface area contributed by atoms with E-state index in [0.29, 0.717) is 0 Å². The standard InChI is InChI=1S/C16H13/c1-12-5-4-7-14(11-12)16-10-9-13-6-2-3-8-15(13)16/h2-11H,1H3. The fraction of sp³-hybridized carbons (Fsp3) is 0.0625. The minimum atomic E-state index is 1.31. The third-order valence-electron chi connectivity index (χ3n) is 3.01. The van der Waals surface area contributed by atoms with Gasteiger partial charge in [0.1, 0.15) is 0 Å². The molecule has 0 atom stereocenters. The van der Waals surface area contributed by atoms with Crippen molar-refractivity contribution in [3.05, 3.63) is 82.8 Å². The highest BCUT2D eigenvalue weighted by atomic mass is 14.2. The summed E-state index contributed by atoms with van der Waals surface area (Å²) < 4.78 is 0. The Hall–Kier alpha value is -1.82. The molecule has 0 aromatic heterocycles. The molecule has 0 N–H and O–H groups in total. The molecule has 0 fully saturated rings.